The number of anilines is 1. The molecular formula is C10H15ClN2O3S. The van der Waals surface area contributed by atoms with E-state index in [4.69, 9.17) is 22.4 Å². The number of hydrogen-bond donors (Lipinski definition) is 3. The van der Waals surface area contributed by atoms with Gasteiger partial charge in [-0.05, 0) is 31.0 Å². The first kappa shape index (κ1) is 14.2. The van der Waals surface area contributed by atoms with E-state index in [2.05, 4.69) is 4.72 Å². The van der Waals surface area contributed by atoms with Gasteiger partial charge in [0, 0.05) is 18.8 Å². The molecular weight excluding hydrogens is 264 g/mol. The average molecular weight is 279 g/mol. The Morgan fingerprint density at radius 2 is 2.12 bits per heavy atom. The maximum absolute atomic E-state index is 11.9. The molecule has 1 aromatic carbocycles. The van der Waals surface area contributed by atoms with Gasteiger partial charge in [0.05, 0.1) is 5.02 Å². The minimum absolute atomic E-state index is 0.0415. The number of aliphatic hydroxyl groups excluding tert-OH is 1. The molecule has 0 saturated carbocycles. The normalized spacial score (nSPS) is 11.7. The van der Waals surface area contributed by atoms with Crippen molar-refractivity contribution in [1.29, 1.82) is 0 Å². The van der Waals surface area contributed by atoms with Crippen LogP contribution in [0.3, 0.4) is 0 Å². The lowest BCUT2D eigenvalue weighted by molar-refractivity contribution is 0.289. The van der Waals surface area contributed by atoms with Crippen LogP contribution in [-0.2, 0) is 10.0 Å². The van der Waals surface area contributed by atoms with Crippen LogP contribution in [0.4, 0.5) is 5.69 Å². The molecule has 0 aliphatic heterocycles. The number of nitrogens with one attached hydrogen (secondary N) is 1. The van der Waals surface area contributed by atoms with E-state index in [0.29, 0.717) is 12.1 Å². The maximum Gasteiger partial charge on any atom is 0.242 e. The SMILES string of the molecule is Cc1cc(Cl)c(S(=O)(=O)NCCCO)cc1N. The van der Waals surface area contributed by atoms with Gasteiger partial charge in [0.2, 0.25) is 10.0 Å². The molecule has 0 aromatic heterocycles. The monoisotopic (exact) mass is 278 g/mol. The molecule has 96 valence electrons. The predicted octanol–water partition coefficient (Wildman–Crippen LogP) is 0.891. The van der Waals surface area contributed by atoms with Crippen molar-refractivity contribution in [1.82, 2.24) is 4.72 Å². The Morgan fingerprint density at radius 3 is 2.71 bits per heavy atom. The standard InChI is InChI=1S/C10H15ClN2O3S/c1-7-5-8(11)10(6-9(7)12)17(15,16)13-3-2-4-14/h5-6,13-14H,2-4,12H2,1H3. The minimum Gasteiger partial charge on any atom is -0.398 e. The second kappa shape index (κ2) is 5.68. The third-order valence-corrected chi connectivity index (χ3v) is 4.16. The Hall–Kier alpha value is -0.820. The van der Waals surface area contributed by atoms with Crippen molar-refractivity contribution in [3.8, 4) is 0 Å². The zero-order chi connectivity index (χ0) is 13.1. The third-order valence-electron chi connectivity index (χ3n) is 2.24. The highest BCUT2D eigenvalue weighted by atomic mass is 35.5. The predicted molar refractivity (Wildman–Crippen MR) is 67.5 cm³/mol. The molecule has 0 atom stereocenters. The molecule has 0 fully saturated rings. The molecule has 0 aliphatic rings. The highest BCUT2D eigenvalue weighted by Gasteiger charge is 2.18. The molecule has 0 radical (unpaired) electrons. The van der Waals surface area contributed by atoms with Crippen molar-refractivity contribution in [2.45, 2.75) is 18.2 Å². The van der Waals surface area contributed by atoms with E-state index >= 15 is 0 Å². The Labute approximate surface area is 106 Å². The number of benzene rings is 1. The zero-order valence-corrected chi connectivity index (χ0v) is 11.0. The molecule has 7 heteroatoms. The lowest BCUT2D eigenvalue weighted by atomic mass is 10.2. The lowest BCUT2D eigenvalue weighted by Gasteiger charge is -2.10. The number of rotatable bonds is 5. The van der Waals surface area contributed by atoms with E-state index in [1.807, 2.05) is 0 Å². The number of aliphatic hydroxyl groups is 1. The van der Waals surface area contributed by atoms with Crippen LogP contribution in [0.5, 0.6) is 0 Å². The van der Waals surface area contributed by atoms with E-state index < -0.39 is 10.0 Å². The van der Waals surface area contributed by atoms with Crippen molar-refractivity contribution in [2.24, 2.45) is 0 Å². The van der Waals surface area contributed by atoms with Crippen LogP contribution in [0.2, 0.25) is 5.02 Å². The average Bonchev–Trinajstić information content (AvgIpc) is 2.23. The van der Waals surface area contributed by atoms with Gasteiger partial charge >= 0.3 is 0 Å². The molecule has 0 spiro atoms. The van der Waals surface area contributed by atoms with Gasteiger partial charge in [0.15, 0.2) is 0 Å². The second-order valence-electron chi connectivity index (χ2n) is 3.61. The molecule has 0 aliphatic carbocycles. The van der Waals surface area contributed by atoms with Crippen LogP contribution in [0.1, 0.15) is 12.0 Å². The van der Waals surface area contributed by atoms with Gasteiger partial charge in [-0.3, -0.25) is 0 Å². The van der Waals surface area contributed by atoms with Crippen LogP contribution >= 0.6 is 11.6 Å². The first-order valence-electron chi connectivity index (χ1n) is 5.04. The minimum atomic E-state index is -3.68. The quantitative estimate of drug-likeness (QED) is 0.551. The summed E-state index contributed by atoms with van der Waals surface area (Å²) in [5.74, 6) is 0. The number of sulfonamides is 1. The van der Waals surface area contributed by atoms with Gasteiger partial charge in [-0.15, -0.1) is 0 Å². The Kier molecular flexibility index (Phi) is 4.76. The first-order valence-corrected chi connectivity index (χ1v) is 6.90. The summed E-state index contributed by atoms with van der Waals surface area (Å²) in [6.07, 6.45) is 0.345. The molecule has 1 aromatic rings. The van der Waals surface area contributed by atoms with Crippen molar-refractivity contribution >= 4 is 27.3 Å². The van der Waals surface area contributed by atoms with Crippen molar-refractivity contribution < 1.29 is 13.5 Å². The van der Waals surface area contributed by atoms with E-state index in [-0.39, 0.29) is 23.1 Å². The molecule has 0 unspecified atom stereocenters. The number of hydrogen-bond acceptors (Lipinski definition) is 4. The van der Waals surface area contributed by atoms with Crippen molar-refractivity contribution in [2.75, 3.05) is 18.9 Å². The van der Waals surface area contributed by atoms with E-state index in [0.717, 1.165) is 5.56 Å². The fraction of sp³-hybridized carbons (Fsp3) is 0.400. The highest BCUT2D eigenvalue weighted by Crippen LogP contribution is 2.26. The van der Waals surface area contributed by atoms with E-state index in [9.17, 15) is 8.42 Å². The topological polar surface area (TPSA) is 92.4 Å². The van der Waals surface area contributed by atoms with Gasteiger partial charge in [-0.25, -0.2) is 13.1 Å². The van der Waals surface area contributed by atoms with Crippen LogP contribution < -0.4 is 10.5 Å². The van der Waals surface area contributed by atoms with E-state index in [1.54, 1.807) is 6.92 Å². The smallest absolute Gasteiger partial charge is 0.242 e. The molecule has 5 nitrogen and oxygen atoms in total. The van der Waals surface area contributed by atoms with Gasteiger partial charge in [-0.2, -0.15) is 0 Å². The van der Waals surface area contributed by atoms with Gasteiger partial charge in [-0.1, -0.05) is 11.6 Å². The molecule has 0 saturated heterocycles. The summed E-state index contributed by atoms with van der Waals surface area (Å²) in [5, 5.41) is 8.72. The summed E-state index contributed by atoms with van der Waals surface area (Å²) in [5.41, 5.74) is 6.75. The van der Waals surface area contributed by atoms with Crippen molar-refractivity contribution in [3.63, 3.8) is 0 Å². The van der Waals surface area contributed by atoms with Crippen LogP contribution in [0, 0.1) is 6.92 Å². The summed E-state index contributed by atoms with van der Waals surface area (Å²) in [4.78, 5) is -0.0415. The Morgan fingerprint density at radius 1 is 1.47 bits per heavy atom. The molecule has 0 bridgehead atoms. The molecule has 17 heavy (non-hydrogen) atoms. The number of nitrogen functional groups attached to an aromatic ring is 1. The Bertz CT molecular complexity index is 503. The summed E-state index contributed by atoms with van der Waals surface area (Å²) < 4.78 is 26.1. The first-order chi connectivity index (χ1) is 7.88. The third kappa shape index (κ3) is 3.57. The lowest BCUT2D eigenvalue weighted by Crippen LogP contribution is -2.25. The summed E-state index contributed by atoms with van der Waals surface area (Å²) >= 11 is 5.87. The van der Waals surface area contributed by atoms with Crippen molar-refractivity contribution in [3.05, 3.63) is 22.7 Å². The summed E-state index contributed by atoms with van der Waals surface area (Å²) in [7, 11) is -3.68. The summed E-state index contributed by atoms with van der Waals surface area (Å²) in [6.45, 7) is 1.83. The maximum atomic E-state index is 11.9. The van der Waals surface area contributed by atoms with E-state index in [1.165, 1.54) is 12.1 Å². The highest BCUT2D eigenvalue weighted by molar-refractivity contribution is 7.89. The molecule has 0 amide bonds. The largest absolute Gasteiger partial charge is 0.398 e. The van der Waals surface area contributed by atoms with Crippen LogP contribution in [0.15, 0.2) is 17.0 Å². The van der Waals surface area contributed by atoms with Crippen LogP contribution in [0.25, 0.3) is 0 Å². The number of halogens is 1. The van der Waals surface area contributed by atoms with Gasteiger partial charge < -0.3 is 10.8 Å². The Balaban J connectivity index is 3.03. The summed E-state index contributed by atoms with van der Waals surface area (Å²) in [6, 6.07) is 2.84. The van der Waals surface area contributed by atoms with Gasteiger partial charge in [0.25, 0.3) is 0 Å². The second-order valence-corrected chi connectivity index (χ2v) is 5.76. The van der Waals surface area contributed by atoms with Crippen LogP contribution in [-0.4, -0.2) is 26.7 Å². The number of nitrogens with two attached hydrogens (primary N) is 1. The van der Waals surface area contributed by atoms with Gasteiger partial charge in [0.1, 0.15) is 4.90 Å². The fourth-order valence-corrected chi connectivity index (χ4v) is 2.93. The molecule has 0 heterocycles. The number of aryl methyl sites for hydroxylation is 1. The fourth-order valence-electron chi connectivity index (χ4n) is 1.24. The zero-order valence-electron chi connectivity index (χ0n) is 9.40. The molecule has 4 N–H and O–H groups in total. The molecule has 1 rings (SSSR count).